The molecule has 4 aliphatic rings. The van der Waals surface area contributed by atoms with E-state index in [1.807, 2.05) is 23.3 Å². The normalized spacial score (nSPS) is 20.6. The summed E-state index contributed by atoms with van der Waals surface area (Å²) in [5.41, 5.74) is 3.69. The van der Waals surface area contributed by atoms with Crippen LogP contribution in [0.5, 0.6) is 0 Å². The van der Waals surface area contributed by atoms with Crippen LogP contribution in [0.1, 0.15) is 72.3 Å². The first kappa shape index (κ1) is 35.3. The number of carbonyl (C=O) groups is 2. The number of benzene rings is 2. The second-order valence-electron chi connectivity index (χ2n) is 14.2. The van der Waals surface area contributed by atoms with Crippen molar-refractivity contribution in [3.05, 3.63) is 73.6 Å². The number of aromatic nitrogens is 2. The van der Waals surface area contributed by atoms with E-state index in [0.717, 1.165) is 45.0 Å². The number of pyridine rings is 2. The molecule has 4 fully saturated rings. The highest BCUT2D eigenvalue weighted by atomic mass is 19.1. The van der Waals surface area contributed by atoms with Crippen molar-refractivity contribution in [1.29, 1.82) is 0 Å². The van der Waals surface area contributed by atoms with Gasteiger partial charge in [-0.25, -0.2) is 22.8 Å². The number of aromatic carboxylic acids is 2. The predicted octanol–water partition coefficient (Wildman–Crippen LogP) is 3.66. The molecule has 8 rings (SSSR count). The zero-order valence-electron chi connectivity index (χ0n) is 28.7. The maximum atomic E-state index is 15.6. The molecule has 2 aromatic heterocycles. The molecule has 2 atom stereocenters. The Hall–Kier alpha value is -5.09. The molecule has 0 unspecified atom stereocenters. The molecule has 4 heterocycles. The van der Waals surface area contributed by atoms with Crippen LogP contribution in [0.3, 0.4) is 0 Å². The molecule has 0 radical (unpaired) electrons. The van der Waals surface area contributed by atoms with E-state index in [1.54, 1.807) is 11.0 Å². The number of halogens is 3. The van der Waals surface area contributed by atoms with Gasteiger partial charge in [0.15, 0.2) is 11.6 Å². The minimum Gasteiger partial charge on any atom is -0.477 e. The lowest BCUT2D eigenvalue weighted by molar-refractivity contribution is 0.0684. The fourth-order valence-electron chi connectivity index (χ4n) is 7.45. The standard InChI is InChI=1S/C19H22F2N4O3.C17H18FN3O3/c1-8-5-24(6-9(2)23-8)17-13(20)15(22)12-16(14(17)21)25(10-3-4-10)7-11(18(12)26)19(27)28;18-13-7-11-14(8-15(13)20-5-3-19-4-6-20)21(10-1-2-10)9-12(16(11)22)17(23)24/h7-10,23H,3-6,22H2,1-2H3,(H,27,28);7-10,19H,1-6H2,(H,23,24)/t8-,9+;. The zero-order valence-corrected chi connectivity index (χ0v) is 28.7. The lowest BCUT2D eigenvalue weighted by atomic mass is 10.0. The molecule has 0 spiro atoms. The van der Waals surface area contributed by atoms with Crippen molar-refractivity contribution in [3.63, 3.8) is 0 Å². The molecule has 16 heteroatoms. The molecular weight excluding hydrogens is 683 g/mol. The van der Waals surface area contributed by atoms with Crippen LogP contribution in [0.25, 0.3) is 21.8 Å². The smallest absolute Gasteiger partial charge is 0.341 e. The topological polar surface area (TPSA) is 175 Å². The quantitative estimate of drug-likeness (QED) is 0.184. The Morgan fingerprint density at radius 2 is 1.37 bits per heavy atom. The van der Waals surface area contributed by atoms with Crippen LogP contribution in [-0.2, 0) is 0 Å². The van der Waals surface area contributed by atoms with Crippen LogP contribution in [0, 0.1) is 17.5 Å². The summed E-state index contributed by atoms with van der Waals surface area (Å²) < 4.78 is 48.7. The minimum atomic E-state index is -1.45. The molecule has 2 aliphatic heterocycles. The number of nitrogen functional groups attached to an aromatic ring is 1. The van der Waals surface area contributed by atoms with Crippen molar-refractivity contribution < 1.29 is 33.0 Å². The summed E-state index contributed by atoms with van der Waals surface area (Å²) in [6.45, 7) is 7.56. The number of nitrogens with two attached hydrogens (primary N) is 1. The SMILES string of the molecule is C[C@@H]1CN(c2c(F)c(N)c3c(=O)c(C(=O)O)cn(C4CC4)c3c2F)C[C@H](C)N1.O=C(O)c1cn(C2CC2)c2cc(N3CCNCC3)c(F)cc2c1=O. The Morgan fingerprint density at radius 3 is 1.94 bits per heavy atom. The number of rotatable bonds is 6. The number of nitrogens with zero attached hydrogens (tertiary/aromatic N) is 4. The van der Waals surface area contributed by atoms with Crippen LogP contribution in [0.4, 0.5) is 30.2 Å². The van der Waals surface area contributed by atoms with Crippen LogP contribution < -0.4 is 37.0 Å². The van der Waals surface area contributed by atoms with Gasteiger partial charge in [0.05, 0.1) is 27.8 Å². The Labute approximate surface area is 295 Å². The average molecular weight is 724 g/mol. The molecule has 4 aromatic rings. The van der Waals surface area contributed by atoms with Crippen molar-refractivity contribution in [2.24, 2.45) is 0 Å². The molecule has 0 bridgehead atoms. The van der Waals surface area contributed by atoms with Gasteiger partial charge in [0.25, 0.3) is 0 Å². The monoisotopic (exact) mass is 723 g/mol. The first-order chi connectivity index (χ1) is 24.8. The molecule has 6 N–H and O–H groups in total. The molecule has 13 nitrogen and oxygen atoms in total. The maximum Gasteiger partial charge on any atom is 0.341 e. The van der Waals surface area contributed by atoms with Gasteiger partial charge in [-0.1, -0.05) is 0 Å². The molecule has 2 aliphatic carbocycles. The maximum absolute atomic E-state index is 15.6. The lowest BCUT2D eigenvalue weighted by Gasteiger charge is -2.38. The van der Waals surface area contributed by atoms with Crippen LogP contribution in [0.15, 0.2) is 34.1 Å². The Bertz CT molecular complexity index is 2230. The zero-order chi connectivity index (χ0) is 37.2. The van der Waals surface area contributed by atoms with Gasteiger partial charge in [-0.2, -0.15) is 0 Å². The number of piperazine rings is 2. The van der Waals surface area contributed by atoms with Gasteiger partial charge in [0.2, 0.25) is 10.9 Å². The van der Waals surface area contributed by atoms with Gasteiger partial charge in [-0.15, -0.1) is 0 Å². The van der Waals surface area contributed by atoms with Gasteiger partial charge >= 0.3 is 11.9 Å². The first-order valence-electron chi connectivity index (χ1n) is 17.4. The second-order valence-corrected chi connectivity index (χ2v) is 14.2. The third-order valence-corrected chi connectivity index (χ3v) is 10.1. The van der Waals surface area contributed by atoms with Crippen LogP contribution >= 0.6 is 0 Å². The summed E-state index contributed by atoms with van der Waals surface area (Å²) in [5.74, 6) is -5.10. The highest BCUT2D eigenvalue weighted by Crippen LogP contribution is 2.42. The molecular formula is C36H40F3N7O6. The van der Waals surface area contributed by atoms with Crippen LogP contribution in [0.2, 0.25) is 0 Å². The number of hydrogen-bond donors (Lipinski definition) is 5. The molecule has 2 saturated carbocycles. The Morgan fingerprint density at radius 1 is 0.808 bits per heavy atom. The third kappa shape index (κ3) is 6.34. The number of carboxylic acid groups (broad SMARTS) is 2. The summed E-state index contributed by atoms with van der Waals surface area (Å²) in [6, 6.07) is 2.97. The average Bonchev–Trinajstić information content (AvgIpc) is 4.02. The van der Waals surface area contributed by atoms with Gasteiger partial charge in [0.1, 0.15) is 22.6 Å². The number of fused-ring (bicyclic) bond motifs is 2. The van der Waals surface area contributed by atoms with E-state index >= 15 is 8.78 Å². The summed E-state index contributed by atoms with van der Waals surface area (Å²) in [6.07, 6.45) is 5.90. The molecule has 0 amide bonds. The fraction of sp³-hybridized carbons (Fsp3) is 0.444. The van der Waals surface area contributed by atoms with Gasteiger partial charge in [-0.05, 0) is 51.7 Å². The number of carboxylic acids is 2. The predicted molar refractivity (Wildman–Crippen MR) is 191 cm³/mol. The van der Waals surface area contributed by atoms with E-state index in [9.17, 15) is 33.8 Å². The van der Waals surface area contributed by atoms with Crippen molar-refractivity contribution in [1.82, 2.24) is 19.8 Å². The second kappa shape index (κ2) is 13.5. The highest BCUT2D eigenvalue weighted by Gasteiger charge is 2.34. The summed E-state index contributed by atoms with van der Waals surface area (Å²) >= 11 is 0. The van der Waals surface area contributed by atoms with Crippen molar-refractivity contribution in [3.8, 4) is 0 Å². The van der Waals surface area contributed by atoms with Crippen molar-refractivity contribution in [2.45, 2.75) is 63.7 Å². The summed E-state index contributed by atoms with van der Waals surface area (Å²) in [5, 5.41) is 24.9. The van der Waals surface area contributed by atoms with E-state index in [-0.39, 0.29) is 46.3 Å². The van der Waals surface area contributed by atoms with E-state index in [0.29, 0.717) is 37.4 Å². The number of hydrogen-bond acceptors (Lipinski definition) is 9. The van der Waals surface area contributed by atoms with Gasteiger partial charge in [-0.3, -0.25) is 9.59 Å². The van der Waals surface area contributed by atoms with Crippen molar-refractivity contribution in [2.75, 3.05) is 54.8 Å². The number of nitrogens with one attached hydrogen (secondary N) is 2. The third-order valence-electron chi connectivity index (χ3n) is 10.1. The lowest BCUT2D eigenvalue weighted by Crippen LogP contribution is -2.54. The summed E-state index contributed by atoms with van der Waals surface area (Å²) in [7, 11) is 0. The Balaban J connectivity index is 0.000000164. The van der Waals surface area contributed by atoms with Gasteiger partial charge in [0, 0.05) is 81.2 Å². The summed E-state index contributed by atoms with van der Waals surface area (Å²) in [4.78, 5) is 51.4. The van der Waals surface area contributed by atoms with E-state index in [1.165, 1.54) is 16.8 Å². The van der Waals surface area contributed by atoms with Gasteiger partial charge < -0.3 is 45.5 Å². The highest BCUT2D eigenvalue weighted by molar-refractivity contribution is 6.00. The minimum absolute atomic E-state index is 0.0134. The van der Waals surface area contributed by atoms with Crippen molar-refractivity contribution >= 4 is 50.8 Å². The number of anilines is 3. The first-order valence-corrected chi connectivity index (χ1v) is 17.4. The van der Waals surface area contributed by atoms with E-state index in [2.05, 4.69) is 10.6 Å². The van der Waals surface area contributed by atoms with E-state index in [4.69, 9.17) is 5.73 Å². The molecule has 52 heavy (non-hydrogen) atoms. The van der Waals surface area contributed by atoms with Crippen LogP contribution in [-0.4, -0.2) is 82.6 Å². The fourth-order valence-corrected chi connectivity index (χ4v) is 7.45. The van der Waals surface area contributed by atoms with E-state index < -0.39 is 56.9 Å². The molecule has 276 valence electrons. The molecule has 2 aromatic carbocycles. The largest absolute Gasteiger partial charge is 0.477 e. The molecule has 2 saturated heterocycles. The Kier molecular flexibility index (Phi) is 9.15.